The smallest absolute Gasteiger partial charge is 0.223 e. The van der Waals surface area contributed by atoms with Crippen molar-refractivity contribution in [3.63, 3.8) is 0 Å². The van der Waals surface area contributed by atoms with Gasteiger partial charge in [-0.05, 0) is 53.8 Å². The van der Waals surface area contributed by atoms with E-state index in [2.05, 4.69) is 30.5 Å². The zero-order valence-corrected chi connectivity index (χ0v) is 20.9. The average molecular weight is 486 g/mol. The van der Waals surface area contributed by atoms with E-state index >= 15 is 0 Å². The van der Waals surface area contributed by atoms with Crippen molar-refractivity contribution >= 4 is 16.9 Å². The predicted molar refractivity (Wildman–Crippen MR) is 140 cm³/mol. The summed E-state index contributed by atoms with van der Waals surface area (Å²) in [5.41, 5.74) is 4.18. The third-order valence-corrected chi connectivity index (χ3v) is 6.88. The van der Waals surface area contributed by atoms with Crippen LogP contribution in [0, 0.1) is 5.82 Å². The molecule has 2 heterocycles. The number of carbonyl (C=O) groups is 1. The van der Waals surface area contributed by atoms with Gasteiger partial charge in [0.1, 0.15) is 17.4 Å². The minimum Gasteiger partial charge on any atom is -0.493 e. The van der Waals surface area contributed by atoms with Crippen molar-refractivity contribution in [1.29, 1.82) is 0 Å². The fourth-order valence-corrected chi connectivity index (χ4v) is 5.04. The Kier molecular flexibility index (Phi) is 7.03. The lowest BCUT2D eigenvalue weighted by molar-refractivity contribution is -0.128. The Bertz CT molecular complexity index is 1350. The van der Waals surface area contributed by atoms with Gasteiger partial charge in [0.05, 0.1) is 17.6 Å². The van der Waals surface area contributed by atoms with Crippen LogP contribution in [0.3, 0.4) is 0 Å². The molecule has 1 amide bonds. The maximum atomic E-state index is 13.3. The molecular formula is C30H32FN3O2. The molecule has 3 aromatic carbocycles. The van der Waals surface area contributed by atoms with Crippen molar-refractivity contribution in [2.24, 2.45) is 0 Å². The number of aromatic nitrogens is 2. The van der Waals surface area contributed by atoms with Gasteiger partial charge >= 0.3 is 0 Å². The van der Waals surface area contributed by atoms with Crippen LogP contribution >= 0.6 is 0 Å². The number of likely N-dealkylation sites (tertiary alicyclic amines) is 1. The molecule has 0 aliphatic carbocycles. The number of fused-ring (bicyclic) bond motifs is 1. The SMILES string of the molecule is CC(C)c1ccccc1OCCCn1c(C2CC(=O)N(Cc3ccc(F)cc3)C2)nc2ccccc21. The molecule has 186 valence electrons. The highest BCUT2D eigenvalue weighted by molar-refractivity contribution is 5.81. The van der Waals surface area contributed by atoms with Crippen molar-refractivity contribution in [3.05, 3.63) is 95.6 Å². The molecule has 5 nitrogen and oxygen atoms in total. The standard InChI is InChI=1S/C30H32FN3O2/c1-21(2)25-8-3-6-11-28(25)36-17-7-16-34-27-10-5-4-9-26(27)32-30(34)23-18-29(35)33(20-23)19-22-12-14-24(31)15-13-22/h3-6,8-15,21,23H,7,16-20H2,1-2H3. The molecular weight excluding hydrogens is 453 g/mol. The molecule has 0 spiro atoms. The summed E-state index contributed by atoms with van der Waals surface area (Å²) in [5.74, 6) is 2.16. The van der Waals surface area contributed by atoms with Crippen LogP contribution in [0.15, 0.2) is 72.8 Å². The molecule has 1 aliphatic heterocycles. The Morgan fingerprint density at radius 2 is 1.78 bits per heavy atom. The number of nitrogens with zero attached hydrogens (tertiary/aromatic N) is 3. The first-order valence-electron chi connectivity index (χ1n) is 12.7. The van der Waals surface area contributed by atoms with E-state index < -0.39 is 0 Å². The molecule has 1 unspecified atom stereocenters. The van der Waals surface area contributed by atoms with Crippen LogP contribution in [0.25, 0.3) is 11.0 Å². The van der Waals surface area contributed by atoms with Crippen LogP contribution in [-0.4, -0.2) is 33.5 Å². The minimum atomic E-state index is -0.269. The van der Waals surface area contributed by atoms with Crippen LogP contribution in [-0.2, 0) is 17.9 Å². The average Bonchev–Trinajstić information content (AvgIpc) is 3.43. The van der Waals surface area contributed by atoms with E-state index in [1.807, 2.05) is 41.3 Å². The van der Waals surface area contributed by atoms with E-state index in [9.17, 15) is 9.18 Å². The first-order valence-corrected chi connectivity index (χ1v) is 12.7. The van der Waals surface area contributed by atoms with Crippen molar-refractivity contribution in [2.75, 3.05) is 13.2 Å². The third-order valence-electron chi connectivity index (χ3n) is 6.88. The summed E-state index contributed by atoms with van der Waals surface area (Å²) in [5, 5.41) is 0. The Labute approximate surface area is 211 Å². The van der Waals surface area contributed by atoms with Crippen molar-refractivity contribution in [1.82, 2.24) is 14.5 Å². The number of rotatable bonds is 9. The van der Waals surface area contributed by atoms with Gasteiger partial charge in [-0.3, -0.25) is 4.79 Å². The quantitative estimate of drug-likeness (QED) is 0.262. The summed E-state index contributed by atoms with van der Waals surface area (Å²) in [4.78, 5) is 19.7. The van der Waals surface area contributed by atoms with Crippen LogP contribution in [0.1, 0.15) is 55.5 Å². The van der Waals surface area contributed by atoms with E-state index in [1.54, 1.807) is 12.1 Å². The molecule has 36 heavy (non-hydrogen) atoms. The maximum absolute atomic E-state index is 13.3. The highest BCUT2D eigenvalue weighted by Gasteiger charge is 2.34. The molecule has 5 rings (SSSR count). The molecule has 1 saturated heterocycles. The molecule has 1 aliphatic rings. The second-order valence-corrected chi connectivity index (χ2v) is 9.81. The number of ether oxygens (including phenoxy) is 1. The van der Waals surface area contributed by atoms with Crippen LogP contribution < -0.4 is 4.74 Å². The van der Waals surface area contributed by atoms with Gasteiger partial charge in [-0.25, -0.2) is 9.37 Å². The Morgan fingerprint density at radius 1 is 1.03 bits per heavy atom. The van der Waals surface area contributed by atoms with Gasteiger partial charge in [-0.2, -0.15) is 0 Å². The van der Waals surface area contributed by atoms with Gasteiger partial charge in [0.25, 0.3) is 0 Å². The molecule has 6 heteroatoms. The van der Waals surface area contributed by atoms with Gasteiger partial charge in [0.2, 0.25) is 5.91 Å². The number of hydrogen-bond donors (Lipinski definition) is 0. The van der Waals surface area contributed by atoms with E-state index in [4.69, 9.17) is 9.72 Å². The number of imidazole rings is 1. The molecule has 4 aromatic rings. The molecule has 0 N–H and O–H groups in total. The Morgan fingerprint density at radius 3 is 2.58 bits per heavy atom. The van der Waals surface area contributed by atoms with Crippen LogP contribution in [0.2, 0.25) is 0 Å². The normalized spacial score (nSPS) is 15.8. The highest BCUT2D eigenvalue weighted by Crippen LogP contribution is 2.32. The summed E-state index contributed by atoms with van der Waals surface area (Å²) in [6.45, 7) is 6.82. The lowest BCUT2D eigenvalue weighted by Crippen LogP contribution is -2.24. The summed E-state index contributed by atoms with van der Waals surface area (Å²) in [6.07, 6.45) is 1.27. The maximum Gasteiger partial charge on any atom is 0.223 e. The number of halogens is 1. The number of amides is 1. The second kappa shape index (κ2) is 10.5. The van der Waals surface area contributed by atoms with Crippen molar-refractivity contribution < 1.29 is 13.9 Å². The van der Waals surface area contributed by atoms with E-state index in [-0.39, 0.29) is 17.6 Å². The fraction of sp³-hybridized carbons (Fsp3) is 0.333. The third kappa shape index (κ3) is 5.13. The Hall–Kier alpha value is -3.67. The number of para-hydroxylation sites is 3. The van der Waals surface area contributed by atoms with Crippen molar-refractivity contribution in [3.8, 4) is 5.75 Å². The van der Waals surface area contributed by atoms with Gasteiger partial charge in [0.15, 0.2) is 0 Å². The highest BCUT2D eigenvalue weighted by atomic mass is 19.1. The number of benzene rings is 3. The van der Waals surface area contributed by atoms with E-state index in [1.165, 1.54) is 17.7 Å². The topological polar surface area (TPSA) is 47.4 Å². The number of aryl methyl sites for hydroxylation is 1. The van der Waals surface area contributed by atoms with Crippen LogP contribution in [0.4, 0.5) is 4.39 Å². The van der Waals surface area contributed by atoms with Gasteiger partial charge in [0, 0.05) is 32.0 Å². The fourth-order valence-electron chi connectivity index (χ4n) is 5.04. The zero-order valence-electron chi connectivity index (χ0n) is 20.9. The summed E-state index contributed by atoms with van der Waals surface area (Å²) < 4.78 is 21.7. The van der Waals surface area contributed by atoms with Gasteiger partial charge in [-0.15, -0.1) is 0 Å². The largest absolute Gasteiger partial charge is 0.493 e. The molecule has 1 aromatic heterocycles. The second-order valence-electron chi connectivity index (χ2n) is 9.81. The number of carbonyl (C=O) groups excluding carboxylic acids is 1. The van der Waals surface area contributed by atoms with E-state index in [0.717, 1.165) is 41.1 Å². The van der Waals surface area contributed by atoms with E-state index in [0.29, 0.717) is 32.0 Å². The summed E-state index contributed by atoms with van der Waals surface area (Å²) in [7, 11) is 0. The van der Waals surface area contributed by atoms with Crippen LogP contribution in [0.5, 0.6) is 5.75 Å². The first-order chi connectivity index (χ1) is 17.5. The molecule has 0 saturated carbocycles. The Balaban J connectivity index is 1.30. The predicted octanol–water partition coefficient (Wildman–Crippen LogP) is 6.28. The summed E-state index contributed by atoms with van der Waals surface area (Å²) in [6, 6.07) is 22.7. The number of hydrogen-bond acceptors (Lipinski definition) is 3. The summed E-state index contributed by atoms with van der Waals surface area (Å²) >= 11 is 0. The lowest BCUT2D eigenvalue weighted by Gasteiger charge is -2.18. The molecule has 0 radical (unpaired) electrons. The molecule has 0 bridgehead atoms. The first kappa shape index (κ1) is 24.0. The van der Waals surface area contributed by atoms with Gasteiger partial charge < -0.3 is 14.2 Å². The molecule has 1 atom stereocenters. The molecule has 1 fully saturated rings. The monoisotopic (exact) mass is 485 g/mol. The minimum absolute atomic E-state index is 0.0212. The van der Waals surface area contributed by atoms with Gasteiger partial charge in [-0.1, -0.05) is 56.3 Å². The van der Waals surface area contributed by atoms with Crippen molar-refractivity contribution in [2.45, 2.75) is 51.6 Å². The lowest BCUT2D eigenvalue weighted by atomic mass is 10.0. The zero-order chi connectivity index (χ0) is 25.1.